The van der Waals surface area contributed by atoms with Gasteiger partial charge in [0.15, 0.2) is 0 Å². The van der Waals surface area contributed by atoms with Gasteiger partial charge in [-0.3, -0.25) is 4.98 Å². The third-order valence-electron chi connectivity index (χ3n) is 11.2. The number of allylic oxidation sites excluding steroid dienone is 1. The molecule has 0 saturated heterocycles. The van der Waals surface area contributed by atoms with E-state index in [1.165, 1.54) is 0 Å². The predicted molar refractivity (Wildman–Crippen MR) is 222 cm³/mol. The van der Waals surface area contributed by atoms with Gasteiger partial charge in [0.2, 0.25) is 5.79 Å². The Balaban J connectivity index is 1.37. The Labute approximate surface area is 335 Å². The number of pyridine rings is 1. The van der Waals surface area contributed by atoms with E-state index in [1.54, 1.807) is 17.8 Å². The van der Waals surface area contributed by atoms with E-state index in [-0.39, 0.29) is 42.1 Å². The number of aliphatic hydroxyl groups excluding tert-OH is 2. The molecule has 9 heteroatoms. The van der Waals surface area contributed by atoms with Gasteiger partial charge in [0.25, 0.3) is 0 Å². The van der Waals surface area contributed by atoms with Gasteiger partial charge < -0.3 is 29.3 Å². The number of nitrogens with zero attached hydrogens (tertiary/aromatic N) is 2. The van der Waals surface area contributed by atoms with Crippen LogP contribution in [0.4, 0.5) is 0 Å². The quantitative estimate of drug-likeness (QED) is 0.0552. The first-order valence-corrected chi connectivity index (χ1v) is 20.9. The fraction of sp³-hybridized carbons (Fsp3) is 0.404. The lowest BCUT2D eigenvalue weighted by Crippen LogP contribution is -2.64. The number of aryl methyl sites for hydroxylation is 1. The zero-order valence-electron chi connectivity index (χ0n) is 32.3. The fourth-order valence-electron chi connectivity index (χ4n) is 8.77. The molecule has 0 amide bonds. The zero-order valence-corrected chi connectivity index (χ0v) is 33.1. The van der Waals surface area contributed by atoms with Crippen molar-refractivity contribution in [2.24, 2.45) is 22.9 Å². The van der Waals surface area contributed by atoms with Gasteiger partial charge in [-0.05, 0) is 98.0 Å². The van der Waals surface area contributed by atoms with Crippen LogP contribution in [0.1, 0.15) is 73.4 Å². The van der Waals surface area contributed by atoms with Crippen LogP contribution in [0, 0.1) is 24.7 Å². The normalized spacial score (nSPS) is 24.4. The summed E-state index contributed by atoms with van der Waals surface area (Å²) in [6.45, 7) is 7.38. The van der Waals surface area contributed by atoms with Gasteiger partial charge in [-0.1, -0.05) is 84.7 Å². The highest BCUT2D eigenvalue weighted by atomic mass is 32.2. The topological polar surface area (TPSA) is 103 Å². The summed E-state index contributed by atoms with van der Waals surface area (Å²) in [5, 5.41) is 24.5. The summed E-state index contributed by atoms with van der Waals surface area (Å²) in [4.78, 5) is 12.0. The number of aromatic nitrogens is 1. The molecule has 1 fully saturated rings. The molecular formula is C47H54N2O6S. The second-order valence-electron chi connectivity index (χ2n) is 15.0. The number of hydrogen-bond acceptors (Lipinski definition) is 9. The van der Waals surface area contributed by atoms with E-state index in [2.05, 4.69) is 48.0 Å². The van der Waals surface area contributed by atoms with Crippen molar-refractivity contribution < 1.29 is 29.3 Å². The molecule has 1 saturated carbocycles. The number of ether oxygens (including phenoxy) is 3. The van der Waals surface area contributed by atoms with Crippen molar-refractivity contribution in [2.75, 3.05) is 19.8 Å². The molecule has 0 spiro atoms. The van der Waals surface area contributed by atoms with Gasteiger partial charge >= 0.3 is 0 Å². The Bertz CT molecular complexity index is 1950. The molecule has 2 aliphatic carbocycles. The largest absolute Gasteiger partial charge is 0.487 e. The lowest BCUT2D eigenvalue weighted by Gasteiger charge is -2.58. The first kappa shape index (κ1) is 39.8. The second-order valence-corrected chi connectivity index (χ2v) is 16.3. The highest BCUT2D eigenvalue weighted by molar-refractivity contribution is 8.00. The molecule has 2 N–H and O–H groups in total. The van der Waals surface area contributed by atoms with Gasteiger partial charge in [0, 0.05) is 41.7 Å². The Morgan fingerprint density at radius 3 is 2.43 bits per heavy atom. The van der Waals surface area contributed by atoms with Crippen LogP contribution in [0.5, 0.6) is 11.5 Å². The van der Waals surface area contributed by atoms with Crippen LogP contribution in [0.15, 0.2) is 131 Å². The number of benzene rings is 3. The number of aliphatic hydroxyl groups is 2. The van der Waals surface area contributed by atoms with E-state index in [1.807, 2.05) is 73.7 Å². The molecule has 3 aliphatic rings. The average Bonchev–Trinajstić information content (AvgIpc) is 3.22. The number of fused-ring (bicyclic) bond motifs is 2. The van der Waals surface area contributed by atoms with Crippen molar-refractivity contribution in [3.8, 4) is 11.5 Å². The molecule has 56 heavy (non-hydrogen) atoms. The minimum absolute atomic E-state index is 0.0273. The first-order valence-electron chi connectivity index (χ1n) is 20.0. The third-order valence-corrected chi connectivity index (χ3v) is 12.5. The molecule has 6 atom stereocenters. The summed E-state index contributed by atoms with van der Waals surface area (Å²) in [6.07, 6.45) is 9.90. The number of hydrogen-bond donors (Lipinski definition) is 2. The zero-order chi connectivity index (χ0) is 38.7. The molecule has 1 aliphatic heterocycles. The minimum Gasteiger partial charge on any atom is -0.487 e. The predicted octanol–water partition coefficient (Wildman–Crippen LogP) is 9.60. The van der Waals surface area contributed by atoms with Crippen molar-refractivity contribution in [1.29, 1.82) is 0 Å². The summed E-state index contributed by atoms with van der Waals surface area (Å²) in [6, 6.07) is 32.7. The van der Waals surface area contributed by atoms with Crippen LogP contribution in [-0.4, -0.2) is 51.8 Å². The van der Waals surface area contributed by atoms with Crippen LogP contribution in [0.25, 0.3) is 0 Å². The van der Waals surface area contributed by atoms with Crippen LogP contribution in [0.3, 0.4) is 0 Å². The summed E-state index contributed by atoms with van der Waals surface area (Å²) in [7, 11) is 0. The van der Waals surface area contributed by atoms with Gasteiger partial charge in [0.1, 0.15) is 24.7 Å². The SMILES string of the molecule is C=CCOC12Oc3ccc(OCc4cccc(C)n4)cc3C3C(CCCCO)C(CCCCO)C=C(C(=NOCc4ccccc4)CC1Sc1ccccc1)C32. The lowest BCUT2D eigenvalue weighted by molar-refractivity contribution is -0.223. The third kappa shape index (κ3) is 9.07. The summed E-state index contributed by atoms with van der Waals surface area (Å²) < 4.78 is 20.9. The van der Waals surface area contributed by atoms with Crippen molar-refractivity contribution >= 4 is 17.5 Å². The minimum atomic E-state index is -1.06. The highest BCUT2D eigenvalue weighted by Crippen LogP contribution is 2.63. The monoisotopic (exact) mass is 774 g/mol. The average molecular weight is 775 g/mol. The highest BCUT2D eigenvalue weighted by Gasteiger charge is 2.64. The van der Waals surface area contributed by atoms with Crippen LogP contribution >= 0.6 is 11.8 Å². The number of oxime groups is 1. The van der Waals surface area contributed by atoms with E-state index in [9.17, 15) is 10.2 Å². The number of rotatable bonds is 19. The van der Waals surface area contributed by atoms with Crippen LogP contribution in [0.2, 0.25) is 0 Å². The van der Waals surface area contributed by atoms with Crippen molar-refractivity contribution in [3.05, 3.63) is 144 Å². The Hall–Kier alpha value is -4.41. The molecule has 0 bridgehead atoms. The van der Waals surface area contributed by atoms with Crippen molar-refractivity contribution in [1.82, 2.24) is 4.98 Å². The van der Waals surface area contributed by atoms with Gasteiger partial charge in [-0.2, -0.15) is 0 Å². The molecule has 6 unspecified atom stereocenters. The molecule has 294 valence electrons. The Morgan fingerprint density at radius 1 is 0.911 bits per heavy atom. The fourth-order valence-corrected chi connectivity index (χ4v) is 10.1. The van der Waals surface area contributed by atoms with Crippen molar-refractivity contribution in [2.45, 2.75) is 86.9 Å². The van der Waals surface area contributed by atoms with Gasteiger partial charge in [-0.25, -0.2) is 0 Å². The molecule has 4 aromatic rings. The Kier molecular flexibility index (Phi) is 13.6. The molecule has 7 rings (SSSR count). The number of unbranched alkanes of at least 4 members (excludes halogenated alkanes) is 2. The van der Waals surface area contributed by atoms with Crippen LogP contribution < -0.4 is 9.47 Å². The molecule has 8 nitrogen and oxygen atoms in total. The van der Waals surface area contributed by atoms with Gasteiger partial charge in [-0.15, -0.1) is 18.3 Å². The standard InChI is InChI=1S/C47H54N2O6S/c1-3-27-53-47-44(56-38-20-8-5-9-21-38)30-42(49-54-31-34-16-6-4-7-17-34)40-28-35(18-10-12-25-50)39(22-11-13-26-51)45(46(40)47)41-29-37(23-24-43(41)55-47)52-32-36-19-14-15-33(2)48-36/h3-9,14-17,19-21,23-24,28-29,35,39,44-46,50-51H,1,10-13,18,22,25-27,30-32H2,2H3. The Morgan fingerprint density at radius 2 is 1.68 bits per heavy atom. The summed E-state index contributed by atoms with van der Waals surface area (Å²) in [5.74, 6) is 0.616. The lowest BCUT2D eigenvalue weighted by atomic mass is 9.56. The van der Waals surface area contributed by atoms with E-state index in [4.69, 9.17) is 24.2 Å². The van der Waals surface area contributed by atoms with E-state index in [0.29, 0.717) is 26.2 Å². The maximum Gasteiger partial charge on any atom is 0.231 e. The summed E-state index contributed by atoms with van der Waals surface area (Å²) >= 11 is 1.76. The van der Waals surface area contributed by atoms with E-state index in [0.717, 1.165) is 88.7 Å². The van der Waals surface area contributed by atoms with E-state index < -0.39 is 5.79 Å². The molecule has 3 aromatic carbocycles. The second kappa shape index (κ2) is 19.2. The molecule has 1 aromatic heterocycles. The molecular weight excluding hydrogens is 721 g/mol. The molecule has 2 heterocycles. The van der Waals surface area contributed by atoms with Gasteiger partial charge in [0.05, 0.1) is 29.2 Å². The maximum atomic E-state index is 9.93. The summed E-state index contributed by atoms with van der Waals surface area (Å²) in [5.41, 5.74) is 5.97. The van der Waals surface area contributed by atoms with Crippen molar-refractivity contribution in [3.63, 3.8) is 0 Å². The molecule has 0 radical (unpaired) electrons. The van der Waals surface area contributed by atoms with E-state index >= 15 is 0 Å². The maximum absolute atomic E-state index is 9.93. The van der Waals surface area contributed by atoms with Crippen LogP contribution in [-0.2, 0) is 22.8 Å². The smallest absolute Gasteiger partial charge is 0.231 e. The first-order chi connectivity index (χ1) is 27.5. The number of thioether (sulfide) groups is 1.